The zero-order valence-corrected chi connectivity index (χ0v) is 33.0. The van der Waals surface area contributed by atoms with Crippen LogP contribution in [0.15, 0.2) is 107 Å². The third kappa shape index (κ3) is 21.9. The third-order valence-corrected chi connectivity index (χ3v) is 8.52. The Balaban J connectivity index is 3.30. The third-order valence-electron chi connectivity index (χ3n) is 8.08. The van der Waals surface area contributed by atoms with Crippen molar-refractivity contribution in [2.75, 3.05) is 27.4 Å². The molecule has 6 atom stereocenters. The van der Waals surface area contributed by atoms with Gasteiger partial charge in [0.1, 0.15) is 12.1 Å². The summed E-state index contributed by atoms with van der Waals surface area (Å²) in [6, 6.07) is -1.35. The number of esters is 1. The highest BCUT2D eigenvalue weighted by Gasteiger charge is 2.22. The molecule has 0 saturated carbocycles. The minimum atomic E-state index is -4.80. The fourth-order valence-corrected chi connectivity index (χ4v) is 5.23. The molecule has 0 fully saturated rings. The van der Waals surface area contributed by atoms with Crippen LogP contribution in [0.4, 0.5) is 0 Å². The average Bonchev–Trinajstić information content (AvgIpc) is 3.11. The minimum absolute atomic E-state index is 0.0434. The molecule has 1 heterocycles. The minimum Gasteiger partial charge on any atom is -0.454 e. The fourth-order valence-electron chi connectivity index (χ4n) is 4.92. The normalized spacial score (nSPS) is 29.0. The molecule has 0 aromatic heterocycles. The van der Waals surface area contributed by atoms with E-state index in [-0.39, 0.29) is 37.0 Å². The molecule has 13 heteroatoms. The van der Waals surface area contributed by atoms with Crippen LogP contribution < -0.4 is 10.6 Å². The number of cyclic esters (lactones) is 1. The van der Waals surface area contributed by atoms with Crippen molar-refractivity contribution < 1.29 is 45.7 Å². The van der Waals surface area contributed by atoms with Crippen LogP contribution in [-0.2, 0) is 43.2 Å². The molecule has 12 nitrogen and oxygen atoms in total. The molecule has 0 radical (unpaired) electrons. The number of ether oxygens (including phenoxy) is 3. The summed E-state index contributed by atoms with van der Waals surface area (Å²) >= 11 is 0. The summed E-state index contributed by atoms with van der Waals surface area (Å²) in [7, 11) is -1.43. The topological polar surface area (TPSA) is 167 Å². The number of rotatable bonds is 12. The van der Waals surface area contributed by atoms with E-state index in [9.17, 15) is 22.8 Å². The van der Waals surface area contributed by atoms with Crippen molar-refractivity contribution in [1.29, 1.82) is 0 Å². The van der Waals surface area contributed by atoms with Crippen molar-refractivity contribution in [3.8, 4) is 0 Å². The first kappa shape index (κ1) is 46.9. The van der Waals surface area contributed by atoms with Crippen LogP contribution in [0.1, 0.15) is 60.8 Å². The van der Waals surface area contributed by atoms with Gasteiger partial charge in [0.05, 0.1) is 18.8 Å². The van der Waals surface area contributed by atoms with Gasteiger partial charge in [0.2, 0.25) is 12.3 Å². The summed E-state index contributed by atoms with van der Waals surface area (Å²) in [5.41, 5.74) is 3.66. The first-order chi connectivity index (χ1) is 25.1. The van der Waals surface area contributed by atoms with Gasteiger partial charge in [-0.2, -0.15) is 8.42 Å². The van der Waals surface area contributed by atoms with E-state index in [4.69, 9.17) is 18.8 Å². The second-order valence-electron chi connectivity index (χ2n) is 12.9. The van der Waals surface area contributed by atoms with E-state index in [0.717, 1.165) is 30.4 Å². The molecule has 0 aromatic rings. The van der Waals surface area contributed by atoms with Crippen molar-refractivity contribution in [1.82, 2.24) is 10.6 Å². The van der Waals surface area contributed by atoms with Crippen molar-refractivity contribution in [2.24, 2.45) is 11.8 Å². The molecular formula is C40H58N2O10S. The van der Waals surface area contributed by atoms with Crippen LogP contribution in [0.2, 0.25) is 0 Å². The van der Waals surface area contributed by atoms with E-state index >= 15 is 0 Å². The van der Waals surface area contributed by atoms with Crippen LogP contribution in [0, 0.1) is 11.8 Å². The van der Waals surface area contributed by atoms with Gasteiger partial charge in [0, 0.05) is 32.8 Å². The highest BCUT2D eigenvalue weighted by molar-refractivity contribution is 7.80. The molecule has 6 unspecified atom stereocenters. The van der Waals surface area contributed by atoms with E-state index in [1.807, 2.05) is 64.2 Å². The maximum absolute atomic E-state index is 13.1. The number of hydrogen-bond acceptors (Lipinski definition) is 9. The molecule has 0 saturated heterocycles. The lowest BCUT2D eigenvalue weighted by atomic mass is 9.96. The van der Waals surface area contributed by atoms with Crippen LogP contribution in [0.25, 0.3) is 0 Å². The number of nitrogens with one attached hydrogen (secondary N) is 2. The Hall–Kier alpha value is -4.14. The Morgan fingerprint density at radius 2 is 1.68 bits per heavy atom. The maximum atomic E-state index is 13.1. The van der Waals surface area contributed by atoms with E-state index in [1.54, 1.807) is 39.4 Å². The van der Waals surface area contributed by atoms with Gasteiger partial charge in [-0.3, -0.25) is 14.1 Å². The zero-order valence-electron chi connectivity index (χ0n) is 32.2. The molecule has 3 N–H and O–H groups in total. The standard InChI is InChI=1S/C40H58N2O10S/c1-29-13-11-17-35(49-7)16-10-9-15-33(5)39(52-38(44)24-22-30(2)19-20-31(3)25-36(50-8)18-12-14-29)34(6)23-21-32(4)26-41-40(45)37(42-28-43)27-51-53(46,47)48/h9-10,12-16,19-25,28,30,33,35-37,39H,11,17-18,26-27H2,1-8H3,(H,41,45)(H,42,43)(H,46,47,48)/b14-12+,15-9+,16-10+,20-19+,24-22+,29-13+,31-25+,32-21+,34-23+. The van der Waals surface area contributed by atoms with E-state index in [1.165, 1.54) is 11.6 Å². The van der Waals surface area contributed by atoms with Crippen LogP contribution in [0.5, 0.6) is 0 Å². The van der Waals surface area contributed by atoms with Gasteiger partial charge < -0.3 is 24.8 Å². The van der Waals surface area contributed by atoms with Gasteiger partial charge in [-0.25, -0.2) is 8.98 Å². The highest BCUT2D eigenvalue weighted by Crippen LogP contribution is 2.20. The lowest BCUT2D eigenvalue weighted by molar-refractivity contribution is -0.142. The molecule has 1 aliphatic heterocycles. The first-order valence-electron chi connectivity index (χ1n) is 17.5. The Morgan fingerprint density at radius 1 is 1.00 bits per heavy atom. The number of methoxy groups -OCH3 is 2. The number of hydrogen-bond donors (Lipinski definition) is 3. The van der Waals surface area contributed by atoms with Crippen molar-refractivity contribution in [3.63, 3.8) is 0 Å². The van der Waals surface area contributed by atoms with Gasteiger partial charge in [-0.1, -0.05) is 110 Å². The fraction of sp³-hybridized carbons (Fsp3) is 0.475. The quantitative estimate of drug-likeness (QED) is 0.0930. The van der Waals surface area contributed by atoms with E-state index < -0.39 is 41.0 Å². The number of allylic oxidation sites excluding steroid dienone is 11. The Labute approximate surface area is 316 Å². The summed E-state index contributed by atoms with van der Waals surface area (Å²) < 4.78 is 52.1. The molecule has 53 heavy (non-hydrogen) atoms. The van der Waals surface area contributed by atoms with E-state index in [0.29, 0.717) is 5.57 Å². The number of amides is 2. The molecule has 294 valence electrons. The van der Waals surface area contributed by atoms with Crippen LogP contribution in [0.3, 0.4) is 0 Å². The SMILES string of the molecule is COC1/C=C(C)/C=C/C(C)/C=C/C(=O)OC(/C(C)=C/C=C(\C)CNC(=O)C(COS(=O)(=O)O)NC=O)C(C)/C=C/C=C/C(OC)CC/C=C(C)/C=C/C1. The predicted molar refractivity (Wildman–Crippen MR) is 208 cm³/mol. The van der Waals surface area contributed by atoms with Gasteiger partial charge >= 0.3 is 16.4 Å². The van der Waals surface area contributed by atoms with Crippen molar-refractivity contribution in [2.45, 2.75) is 85.2 Å². The Kier molecular flexibility index (Phi) is 22.8. The van der Waals surface area contributed by atoms with Gasteiger partial charge in [-0.15, -0.1) is 0 Å². The zero-order chi connectivity index (χ0) is 39.8. The van der Waals surface area contributed by atoms with Crippen LogP contribution in [-0.4, -0.2) is 83.0 Å². The van der Waals surface area contributed by atoms with Crippen molar-refractivity contribution in [3.05, 3.63) is 107 Å². The summed E-state index contributed by atoms with van der Waals surface area (Å²) in [5.74, 6) is -1.48. The molecule has 1 rings (SSSR count). The van der Waals surface area contributed by atoms with Gasteiger partial charge in [-0.05, 0) is 58.4 Å². The summed E-state index contributed by atoms with van der Waals surface area (Å²) in [6.45, 7) is 10.9. The summed E-state index contributed by atoms with van der Waals surface area (Å²) in [5, 5.41) is 4.73. The molecule has 0 aliphatic carbocycles. The molecule has 0 aromatic carbocycles. The Morgan fingerprint density at radius 3 is 2.34 bits per heavy atom. The molecular weight excluding hydrogens is 701 g/mol. The van der Waals surface area contributed by atoms with Gasteiger partial charge in [0.25, 0.3) is 0 Å². The Bertz CT molecular complexity index is 1570. The average molecular weight is 759 g/mol. The molecule has 0 spiro atoms. The summed E-state index contributed by atoms with van der Waals surface area (Å²) in [6.07, 6.45) is 28.9. The van der Waals surface area contributed by atoms with E-state index in [2.05, 4.69) is 46.0 Å². The predicted octanol–water partition coefficient (Wildman–Crippen LogP) is 6.00. The van der Waals surface area contributed by atoms with Gasteiger partial charge in [0.15, 0.2) is 0 Å². The smallest absolute Gasteiger partial charge is 0.397 e. The first-order valence-corrected chi connectivity index (χ1v) is 18.9. The largest absolute Gasteiger partial charge is 0.454 e. The van der Waals surface area contributed by atoms with Crippen molar-refractivity contribution >= 4 is 28.7 Å². The monoisotopic (exact) mass is 758 g/mol. The highest BCUT2D eigenvalue weighted by atomic mass is 32.3. The number of carbonyl (C=O) groups is 3. The maximum Gasteiger partial charge on any atom is 0.397 e. The number of carbonyl (C=O) groups excluding carboxylic acids is 3. The molecule has 0 bridgehead atoms. The summed E-state index contributed by atoms with van der Waals surface area (Å²) in [4.78, 5) is 36.5. The lowest BCUT2D eigenvalue weighted by Gasteiger charge is -2.22. The van der Waals surface area contributed by atoms with Crippen LogP contribution >= 0.6 is 0 Å². The molecule has 1 aliphatic rings. The molecule has 2 amide bonds. The lowest BCUT2D eigenvalue weighted by Crippen LogP contribution is -2.47. The second kappa shape index (κ2) is 25.8. The second-order valence-corrected chi connectivity index (χ2v) is 14.0.